The van der Waals surface area contributed by atoms with Gasteiger partial charge in [0.1, 0.15) is 0 Å². The Morgan fingerprint density at radius 3 is 2.44 bits per heavy atom. The predicted octanol–water partition coefficient (Wildman–Crippen LogP) is 1.28. The zero-order valence-corrected chi connectivity index (χ0v) is 11.0. The summed E-state index contributed by atoms with van der Waals surface area (Å²) in [6.07, 6.45) is -0.532. The van der Waals surface area contributed by atoms with Crippen LogP contribution in [0.4, 0.5) is 4.79 Å². The highest BCUT2D eigenvalue weighted by molar-refractivity contribution is 7.80. The number of amides is 1. The standard InChI is InChI=1S/C10H20N2O3S/c1-7(2)5-15-10(13)12-9(16)11-8(3)6-14-4/h7-8H,5-6H2,1-4H3,(H2,11,12,13,16). The van der Waals surface area contributed by atoms with Crippen molar-refractivity contribution in [3.8, 4) is 0 Å². The van der Waals surface area contributed by atoms with Gasteiger partial charge in [-0.15, -0.1) is 0 Å². The third kappa shape index (κ3) is 8.43. The predicted molar refractivity (Wildman–Crippen MR) is 66.4 cm³/mol. The van der Waals surface area contributed by atoms with E-state index < -0.39 is 6.09 Å². The zero-order chi connectivity index (χ0) is 12.6. The first kappa shape index (κ1) is 15.1. The molecule has 0 aliphatic carbocycles. The number of methoxy groups -OCH3 is 1. The Hall–Kier alpha value is -0.880. The van der Waals surface area contributed by atoms with Gasteiger partial charge in [-0.25, -0.2) is 4.79 Å². The molecule has 94 valence electrons. The molecule has 0 heterocycles. The summed E-state index contributed by atoms with van der Waals surface area (Å²) in [5, 5.41) is 5.57. The van der Waals surface area contributed by atoms with E-state index in [4.69, 9.17) is 21.7 Å². The lowest BCUT2D eigenvalue weighted by molar-refractivity contribution is 0.137. The van der Waals surface area contributed by atoms with Crippen LogP contribution in [0.15, 0.2) is 0 Å². The van der Waals surface area contributed by atoms with Gasteiger partial charge < -0.3 is 14.8 Å². The van der Waals surface area contributed by atoms with Crippen LogP contribution in [0.2, 0.25) is 0 Å². The molecule has 2 N–H and O–H groups in total. The molecule has 5 nitrogen and oxygen atoms in total. The average molecular weight is 248 g/mol. The van der Waals surface area contributed by atoms with Crippen LogP contribution >= 0.6 is 12.2 Å². The van der Waals surface area contributed by atoms with Gasteiger partial charge in [-0.2, -0.15) is 0 Å². The molecule has 0 aliphatic heterocycles. The monoisotopic (exact) mass is 248 g/mol. The molecule has 0 rings (SSSR count). The van der Waals surface area contributed by atoms with E-state index in [1.165, 1.54) is 0 Å². The van der Waals surface area contributed by atoms with Gasteiger partial charge in [0.2, 0.25) is 0 Å². The normalized spacial score (nSPS) is 12.1. The molecule has 0 aromatic rings. The first-order valence-corrected chi connectivity index (χ1v) is 5.59. The number of nitrogens with one attached hydrogen (secondary N) is 2. The highest BCUT2D eigenvalue weighted by atomic mass is 32.1. The molecule has 0 saturated heterocycles. The Bertz CT molecular complexity index is 234. The quantitative estimate of drug-likeness (QED) is 0.718. The fraction of sp³-hybridized carbons (Fsp3) is 0.800. The van der Waals surface area contributed by atoms with Gasteiger partial charge in [-0.3, -0.25) is 5.32 Å². The van der Waals surface area contributed by atoms with E-state index in [-0.39, 0.29) is 11.2 Å². The zero-order valence-electron chi connectivity index (χ0n) is 10.2. The van der Waals surface area contributed by atoms with Crippen molar-refractivity contribution in [3.05, 3.63) is 0 Å². The number of rotatable bonds is 5. The summed E-state index contributed by atoms with van der Waals surface area (Å²) >= 11 is 4.92. The molecule has 0 spiro atoms. The minimum atomic E-state index is -0.532. The maximum absolute atomic E-state index is 11.2. The van der Waals surface area contributed by atoms with Crippen molar-refractivity contribution < 1.29 is 14.3 Å². The van der Waals surface area contributed by atoms with Crippen molar-refractivity contribution in [3.63, 3.8) is 0 Å². The molecule has 0 radical (unpaired) electrons. The van der Waals surface area contributed by atoms with Gasteiger partial charge in [0.25, 0.3) is 0 Å². The van der Waals surface area contributed by atoms with Crippen LogP contribution in [0.25, 0.3) is 0 Å². The van der Waals surface area contributed by atoms with Crippen molar-refractivity contribution >= 4 is 23.4 Å². The van der Waals surface area contributed by atoms with Crippen molar-refractivity contribution in [2.75, 3.05) is 20.3 Å². The molecule has 6 heteroatoms. The second kappa shape index (κ2) is 8.29. The lowest BCUT2D eigenvalue weighted by Crippen LogP contribution is -2.45. The summed E-state index contributed by atoms with van der Waals surface area (Å²) in [5.41, 5.74) is 0. The smallest absolute Gasteiger partial charge is 0.413 e. The van der Waals surface area contributed by atoms with E-state index in [2.05, 4.69) is 10.6 Å². The third-order valence-corrected chi connectivity index (χ3v) is 1.78. The molecule has 0 bridgehead atoms. The molecule has 0 saturated carbocycles. The molecular formula is C10H20N2O3S. The maximum Gasteiger partial charge on any atom is 0.413 e. The molecule has 0 aromatic carbocycles. The minimum absolute atomic E-state index is 0.0444. The summed E-state index contributed by atoms with van der Waals surface area (Å²) in [6.45, 7) is 6.72. The molecular weight excluding hydrogens is 228 g/mol. The second-order valence-corrected chi connectivity index (χ2v) is 4.36. The Morgan fingerprint density at radius 1 is 1.31 bits per heavy atom. The number of hydrogen-bond acceptors (Lipinski definition) is 4. The van der Waals surface area contributed by atoms with Crippen LogP contribution in [-0.2, 0) is 9.47 Å². The summed E-state index contributed by atoms with van der Waals surface area (Å²) in [7, 11) is 1.60. The summed E-state index contributed by atoms with van der Waals surface area (Å²) in [6, 6.07) is 0.0444. The van der Waals surface area contributed by atoms with Crippen LogP contribution in [0, 0.1) is 5.92 Å². The Labute approximate surface area is 102 Å². The highest BCUT2D eigenvalue weighted by Crippen LogP contribution is 1.92. The van der Waals surface area contributed by atoms with Gasteiger partial charge >= 0.3 is 6.09 Å². The van der Waals surface area contributed by atoms with E-state index in [0.29, 0.717) is 19.1 Å². The van der Waals surface area contributed by atoms with Crippen molar-refractivity contribution in [2.24, 2.45) is 5.92 Å². The number of carbonyl (C=O) groups is 1. The van der Waals surface area contributed by atoms with Crippen molar-refractivity contribution in [1.29, 1.82) is 0 Å². The summed E-state index contributed by atoms with van der Waals surface area (Å²) in [4.78, 5) is 11.2. The van der Waals surface area contributed by atoms with Gasteiger partial charge in [0.15, 0.2) is 5.11 Å². The Kier molecular flexibility index (Phi) is 7.84. The topological polar surface area (TPSA) is 59.6 Å². The molecule has 0 aliphatic rings. The van der Waals surface area contributed by atoms with Crippen LogP contribution < -0.4 is 10.6 Å². The van der Waals surface area contributed by atoms with E-state index >= 15 is 0 Å². The summed E-state index contributed by atoms with van der Waals surface area (Å²) < 4.78 is 9.83. The minimum Gasteiger partial charge on any atom is -0.449 e. The van der Waals surface area contributed by atoms with Crippen LogP contribution in [0.3, 0.4) is 0 Å². The summed E-state index contributed by atoms with van der Waals surface area (Å²) in [5.74, 6) is 0.305. The van der Waals surface area contributed by atoms with E-state index in [0.717, 1.165) is 0 Å². The lowest BCUT2D eigenvalue weighted by atomic mass is 10.2. The van der Waals surface area contributed by atoms with Gasteiger partial charge in [0, 0.05) is 13.2 Å². The highest BCUT2D eigenvalue weighted by Gasteiger charge is 2.08. The molecule has 1 atom stereocenters. The number of carbonyl (C=O) groups excluding carboxylic acids is 1. The van der Waals surface area contributed by atoms with E-state index in [1.54, 1.807) is 7.11 Å². The SMILES string of the molecule is COCC(C)NC(=S)NC(=O)OCC(C)C. The first-order valence-electron chi connectivity index (χ1n) is 5.19. The largest absolute Gasteiger partial charge is 0.449 e. The van der Waals surface area contributed by atoms with Crippen LogP contribution in [0.1, 0.15) is 20.8 Å². The number of hydrogen-bond donors (Lipinski definition) is 2. The fourth-order valence-corrected chi connectivity index (χ4v) is 1.21. The Morgan fingerprint density at radius 2 is 1.94 bits per heavy atom. The molecule has 0 aromatic heterocycles. The van der Waals surface area contributed by atoms with Gasteiger partial charge in [-0.1, -0.05) is 13.8 Å². The van der Waals surface area contributed by atoms with E-state index in [9.17, 15) is 4.79 Å². The van der Waals surface area contributed by atoms with Crippen molar-refractivity contribution in [1.82, 2.24) is 10.6 Å². The van der Waals surface area contributed by atoms with Crippen LogP contribution in [-0.4, -0.2) is 37.6 Å². The van der Waals surface area contributed by atoms with E-state index in [1.807, 2.05) is 20.8 Å². The average Bonchev–Trinajstić information content (AvgIpc) is 2.14. The second-order valence-electron chi connectivity index (χ2n) is 3.95. The number of thiocarbonyl (C=S) groups is 1. The molecule has 16 heavy (non-hydrogen) atoms. The maximum atomic E-state index is 11.2. The van der Waals surface area contributed by atoms with Crippen molar-refractivity contribution in [2.45, 2.75) is 26.8 Å². The fourth-order valence-electron chi connectivity index (χ4n) is 0.923. The third-order valence-electron chi connectivity index (χ3n) is 1.56. The molecule has 0 fully saturated rings. The lowest BCUT2D eigenvalue weighted by Gasteiger charge is -2.15. The van der Waals surface area contributed by atoms with Gasteiger partial charge in [0.05, 0.1) is 13.2 Å². The number of ether oxygens (including phenoxy) is 2. The first-order chi connectivity index (χ1) is 7.45. The molecule has 1 amide bonds. The Balaban J connectivity index is 3.74. The molecule has 1 unspecified atom stereocenters. The van der Waals surface area contributed by atoms with Gasteiger partial charge in [-0.05, 0) is 25.1 Å². The number of alkyl carbamates (subject to hydrolysis) is 1. The van der Waals surface area contributed by atoms with Crippen LogP contribution in [0.5, 0.6) is 0 Å².